The summed E-state index contributed by atoms with van der Waals surface area (Å²) in [5.74, 6) is 0.242. The summed E-state index contributed by atoms with van der Waals surface area (Å²) in [5.41, 5.74) is 0.250. The van der Waals surface area contributed by atoms with Crippen molar-refractivity contribution in [2.45, 2.75) is 32.2 Å². The van der Waals surface area contributed by atoms with Crippen LogP contribution in [0.25, 0.3) is 0 Å². The highest BCUT2D eigenvalue weighted by atomic mass is 16.6. The van der Waals surface area contributed by atoms with Gasteiger partial charge < -0.3 is 15.0 Å². The molecule has 0 bridgehead atoms. The summed E-state index contributed by atoms with van der Waals surface area (Å²) < 4.78 is 5.13. The number of nitrogens with zero attached hydrogens (tertiary/aromatic N) is 2. The number of nitro groups is 1. The van der Waals surface area contributed by atoms with Gasteiger partial charge in [0.25, 0.3) is 5.69 Å². The van der Waals surface area contributed by atoms with Crippen LogP contribution in [-0.2, 0) is 4.79 Å². The Morgan fingerprint density at radius 3 is 2.77 bits per heavy atom. The highest BCUT2D eigenvalue weighted by Gasteiger charge is 2.27. The molecule has 1 aliphatic rings. The Labute approximate surface area is 129 Å². The minimum absolute atomic E-state index is 0.0794. The highest BCUT2D eigenvalue weighted by molar-refractivity contribution is 5.92. The zero-order valence-electron chi connectivity index (χ0n) is 12.9. The maximum atomic E-state index is 12.1. The van der Waals surface area contributed by atoms with Crippen LogP contribution in [-0.4, -0.2) is 42.0 Å². The molecule has 2 rings (SSSR count). The number of non-ortho nitro benzene ring substituents is 1. The first-order valence-corrected chi connectivity index (χ1v) is 7.41. The zero-order chi connectivity index (χ0) is 16.1. The summed E-state index contributed by atoms with van der Waals surface area (Å²) in [7, 11) is 1.46. The van der Waals surface area contributed by atoms with Crippen LogP contribution in [0.5, 0.6) is 5.75 Å². The Balaban J connectivity index is 1.97. The first-order chi connectivity index (χ1) is 10.5. The van der Waals surface area contributed by atoms with E-state index >= 15 is 0 Å². The summed E-state index contributed by atoms with van der Waals surface area (Å²) in [6.45, 7) is 3.71. The van der Waals surface area contributed by atoms with E-state index in [1.54, 1.807) is 0 Å². The van der Waals surface area contributed by atoms with Crippen LogP contribution < -0.4 is 10.1 Å². The number of benzene rings is 1. The fraction of sp³-hybridized carbons (Fsp3) is 0.533. The van der Waals surface area contributed by atoms with Gasteiger partial charge in [0, 0.05) is 31.1 Å². The van der Waals surface area contributed by atoms with Crippen LogP contribution in [0.4, 0.5) is 11.4 Å². The second-order valence-corrected chi connectivity index (χ2v) is 5.30. The molecule has 0 aliphatic heterocycles. The third-order valence-electron chi connectivity index (χ3n) is 3.76. The number of anilines is 1. The van der Waals surface area contributed by atoms with Gasteiger partial charge in [-0.3, -0.25) is 14.9 Å². The van der Waals surface area contributed by atoms with Crippen LogP contribution in [0.15, 0.2) is 18.2 Å². The van der Waals surface area contributed by atoms with Gasteiger partial charge in [-0.25, -0.2) is 0 Å². The molecule has 0 radical (unpaired) electrons. The standard InChI is InChI=1S/C15H21N3O4/c1-3-17(11-4-5-11)9-8-15(19)16-13-10-12(18(20)21)6-7-14(13)22-2/h6-7,10-11H,3-5,8-9H2,1-2H3,(H,16,19). The van der Waals surface area contributed by atoms with E-state index < -0.39 is 4.92 Å². The number of nitro benzene ring substituents is 1. The highest BCUT2D eigenvalue weighted by Crippen LogP contribution is 2.29. The molecule has 1 saturated carbocycles. The molecule has 7 heteroatoms. The normalized spacial score (nSPS) is 14.0. The van der Waals surface area contributed by atoms with Crippen molar-refractivity contribution in [1.82, 2.24) is 4.90 Å². The number of rotatable bonds is 8. The van der Waals surface area contributed by atoms with E-state index in [0.29, 0.717) is 30.4 Å². The molecule has 0 atom stereocenters. The summed E-state index contributed by atoms with van der Waals surface area (Å²) in [5, 5.41) is 13.5. The number of nitrogens with one attached hydrogen (secondary N) is 1. The van der Waals surface area contributed by atoms with Crippen molar-refractivity contribution < 1.29 is 14.5 Å². The topological polar surface area (TPSA) is 84.7 Å². The van der Waals surface area contributed by atoms with Crippen LogP contribution in [0.1, 0.15) is 26.2 Å². The van der Waals surface area contributed by atoms with E-state index in [2.05, 4.69) is 17.1 Å². The van der Waals surface area contributed by atoms with E-state index in [-0.39, 0.29) is 11.6 Å². The lowest BCUT2D eigenvalue weighted by molar-refractivity contribution is -0.384. The number of methoxy groups -OCH3 is 1. The van der Waals surface area contributed by atoms with Gasteiger partial charge in [-0.05, 0) is 25.5 Å². The van der Waals surface area contributed by atoms with Crippen LogP contribution in [0.3, 0.4) is 0 Å². The predicted molar refractivity (Wildman–Crippen MR) is 83.2 cm³/mol. The molecule has 0 heterocycles. The van der Waals surface area contributed by atoms with Crippen molar-refractivity contribution in [3.8, 4) is 5.75 Å². The number of carbonyl (C=O) groups is 1. The monoisotopic (exact) mass is 307 g/mol. The van der Waals surface area contributed by atoms with Crippen molar-refractivity contribution in [3.05, 3.63) is 28.3 Å². The Hall–Kier alpha value is -2.15. The molecule has 0 spiro atoms. The minimum Gasteiger partial charge on any atom is -0.495 e. The lowest BCUT2D eigenvalue weighted by Crippen LogP contribution is -2.29. The molecule has 22 heavy (non-hydrogen) atoms. The summed E-state index contributed by atoms with van der Waals surface area (Å²) in [6.07, 6.45) is 2.76. The summed E-state index contributed by atoms with van der Waals surface area (Å²) in [4.78, 5) is 24.7. The number of carbonyl (C=O) groups excluding carboxylic acids is 1. The average Bonchev–Trinajstić information content (AvgIpc) is 3.32. The van der Waals surface area contributed by atoms with Gasteiger partial charge in [-0.2, -0.15) is 0 Å². The van der Waals surface area contributed by atoms with Gasteiger partial charge in [-0.1, -0.05) is 6.92 Å². The first-order valence-electron chi connectivity index (χ1n) is 7.41. The Morgan fingerprint density at radius 1 is 1.50 bits per heavy atom. The SMILES string of the molecule is CCN(CCC(=O)Nc1cc([N+](=O)[O-])ccc1OC)C1CC1. The van der Waals surface area contributed by atoms with E-state index in [0.717, 1.165) is 6.54 Å². The van der Waals surface area contributed by atoms with Crippen LogP contribution in [0, 0.1) is 10.1 Å². The van der Waals surface area contributed by atoms with Crippen LogP contribution >= 0.6 is 0 Å². The van der Waals surface area contributed by atoms with Crippen molar-refractivity contribution in [2.24, 2.45) is 0 Å². The molecule has 120 valence electrons. The third kappa shape index (κ3) is 4.17. The van der Waals surface area contributed by atoms with Gasteiger partial charge in [0.2, 0.25) is 5.91 Å². The minimum atomic E-state index is -0.499. The second kappa shape index (κ2) is 7.22. The van der Waals surface area contributed by atoms with E-state index in [1.165, 1.54) is 38.2 Å². The Morgan fingerprint density at radius 2 is 2.23 bits per heavy atom. The summed E-state index contributed by atoms with van der Waals surface area (Å²) in [6, 6.07) is 4.76. The van der Waals surface area contributed by atoms with Gasteiger partial charge in [0.1, 0.15) is 5.75 Å². The van der Waals surface area contributed by atoms with Crippen molar-refractivity contribution in [3.63, 3.8) is 0 Å². The van der Waals surface area contributed by atoms with Crippen LogP contribution in [0.2, 0.25) is 0 Å². The lowest BCUT2D eigenvalue weighted by Gasteiger charge is -2.19. The molecule has 0 unspecified atom stereocenters. The number of hydrogen-bond acceptors (Lipinski definition) is 5. The van der Waals surface area contributed by atoms with Gasteiger partial charge in [-0.15, -0.1) is 0 Å². The molecule has 0 saturated heterocycles. The molecule has 7 nitrogen and oxygen atoms in total. The molecule has 1 amide bonds. The van der Waals surface area contributed by atoms with Gasteiger partial charge >= 0.3 is 0 Å². The molecule has 1 N–H and O–H groups in total. The molecule has 0 aromatic heterocycles. The zero-order valence-corrected chi connectivity index (χ0v) is 12.9. The van der Waals surface area contributed by atoms with Crippen molar-refractivity contribution >= 4 is 17.3 Å². The fourth-order valence-electron chi connectivity index (χ4n) is 2.40. The molecule has 1 aromatic rings. The molecular weight excluding hydrogens is 286 g/mol. The Bertz CT molecular complexity index is 558. The maximum absolute atomic E-state index is 12.1. The smallest absolute Gasteiger partial charge is 0.271 e. The van der Waals surface area contributed by atoms with Crippen molar-refractivity contribution in [2.75, 3.05) is 25.5 Å². The maximum Gasteiger partial charge on any atom is 0.271 e. The first kappa shape index (κ1) is 16.2. The second-order valence-electron chi connectivity index (χ2n) is 5.30. The molecular formula is C15H21N3O4. The van der Waals surface area contributed by atoms with E-state index in [1.807, 2.05) is 0 Å². The third-order valence-corrected chi connectivity index (χ3v) is 3.76. The largest absolute Gasteiger partial charge is 0.495 e. The van der Waals surface area contributed by atoms with Crippen molar-refractivity contribution in [1.29, 1.82) is 0 Å². The average molecular weight is 307 g/mol. The Kier molecular flexibility index (Phi) is 5.32. The number of hydrogen-bond donors (Lipinski definition) is 1. The molecule has 1 aliphatic carbocycles. The summed E-state index contributed by atoms with van der Waals surface area (Å²) >= 11 is 0. The predicted octanol–water partition coefficient (Wildman–Crippen LogP) is 2.42. The number of amides is 1. The van der Waals surface area contributed by atoms with E-state index in [4.69, 9.17) is 4.74 Å². The van der Waals surface area contributed by atoms with Gasteiger partial charge in [0.05, 0.1) is 17.7 Å². The fourth-order valence-corrected chi connectivity index (χ4v) is 2.40. The molecule has 1 fully saturated rings. The molecule has 1 aromatic carbocycles. The number of ether oxygens (including phenoxy) is 1. The quantitative estimate of drug-likeness (QED) is 0.589. The van der Waals surface area contributed by atoms with Gasteiger partial charge in [0.15, 0.2) is 0 Å². The van der Waals surface area contributed by atoms with E-state index in [9.17, 15) is 14.9 Å². The lowest BCUT2D eigenvalue weighted by atomic mass is 10.2.